The number of rotatable bonds is 12. The zero-order chi connectivity index (χ0) is 39.0. The Labute approximate surface area is 349 Å². The van der Waals surface area contributed by atoms with Crippen LogP contribution in [0.5, 0.6) is 11.5 Å². The summed E-state index contributed by atoms with van der Waals surface area (Å²) in [5, 5.41) is 0.292. The van der Waals surface area contributed by atoms with Gasteiger partial charge in [-0.2, -0.15) is 0 Å². The molecule has 0 radical (unpaired) electrons. The van der Waals surface area contributed by atoms with Gasteiger partial charge in [0.15, 0.2) is 5.60 Å². The molecule has 0 amide bonds. The van der Waals surface area contributed by atoms with Crippen LogP contribution in [-0.2, 0) is 23.2 Å². The van der Waals surface area contributed by atoms with E-state index in [0.717, 1.165) is 71.3 Å². The van der Waals surface area contributed by atoms with Gasteiger partial charge in [-0.05, 0) is 109 Å². The van der Waals surface area contributed by atoms with Gasteiger partial charge in [-0.15, -0.1) is 0 Å². The normalized spacial score (nSPS) is 18.9. The molecule has 3 aliphatic heterocycles. The summed E-state index contributed by atoms with van der Waals surface area (Å²) in [5.74, 6) is -0.0342. The van der Waals surface area contributed by atoms with E-state index in [1.807, 2.05) is 24.3 Å². The van der Waals surface area contributed by atoms with Crippen molar-refractivity contribution in [3.05, 3.63) is 151 Å². The number of carbonyl (C=O) groups excluding carboxylic acids is 1. The molecule has 3 heterocycles. The summed E-state index contributed by atoms with van der Waals surface area (Å²) in [5.41, 5.74) is 5.53. The number of cyclic esters (lactones) is 1. The second-order valence-electron chi connectivity index (χ2n) is 15.0. The van der Waals surface area contributed by atoms with Crippen molar-refractivity contribution >= 4 is 63.7 Å². The van der Waals surface area contributed by atoms with Crippen LogP contribution in [0.4, 0.5) is 11.4 Å². The molecule has 0 saturated carbocycles. The first-order valence-corrected chi connectivity index (χ1v) is 20.8. The first-order chi connectivity index (χ1) is 27.2. The van der Waals surface area contributed by atoms with Crippen molar-refractivity contribution < 1.29 is 19.0 Å². The molecule has 0 aliphatic carbocycles. The summed E-state index contributed by atoms with van der Waals surface area (Å²) in [4.78, 5) is 19.4. The molecular weight excluding hydrogens is 786 g/mol. The number of fused-ring (bicyclic) bond motifs is 1. The molecule has 2 fully saturated rings. The fourth-order valence-corrected chi connectivity index (χ4v) is 10.1. The average Bonchev–Trinajstić information content (AvgIpc) is 4.04. The number of esters is 1. The third-order valence-electron chi connectivity index (χ3n) is 11.9. The van der Waals surface area contributed by atoms with Crippen molar-refractivity contribution in [3.8, 4) is 11.5 Å². The molecule has 3 aliphatic rings. The number of hydrogen-bond donors (Lipinski definition) is 0. The number of benzene rings is 5. The number of carbonyl (C=O) groups is 1. The molecule has 2 atom stereocenters. The Balaban J connectivity index is 1.39. The molecular formula is C46H44Cl4N2O4. The average molecular weight is 831 g/mol. The largest absolute Gasteiger partial charge is 0.497 e. The molecule has 2 unspecified atom stereocenters. The second-order valence-corrected chi connectivity index (χ2v) is 16.5. The van der Waals surface area contributed by atoms with Gasteiger partial charge in [0.25, 0.3) is 0 Å². The third-order valence-corrected chi connectivity index (χ3v) is 13.7. The zero-order valence-electron chi connectivity index (χ0n) is 31.5. The highest BCUT2D eigenvalue weighted by atomic mass is 35.5. The van der Waals surface area contributed by atoms with Crippen molar-refractivity contribution in [2.75, 3.05) is 50.2 Å². The van der Waals surface area contributed by atoms with Crippen molar-refractivity contribution in [2.24, 2.45) is 0 Å². The van der Waals surface area contributed by atoms with Gasteiger partial charge in [-0.3, -0.25) is 0 Å². The third kappa shape index (κ3) is 7.19. The van der Waals surface area contributed by atoms with Crippen LogP contribution in [0.3, 0.4) is 0 Å². The maximum atomic E-state index is 14.6. The van der Waals surface area contributed by atoms with E-state index in [1.54, 1.807) is 14.2 Å². The van der Waals surface area contributed by atoms with Crippen molar-refractivity contribution in [3.63, 3.8) is 0 Å². The SMILES string of the molecule is COc1ccc(CC(c2ccc(N3CCCC3)cc2)C2(C(Cc3ccc(OC)cc3)c3ccc(N4CCCC4)cc3)OC(=O)c3c(Cl)c(Cl)c(Cl)c(Cl)c32)cc1. The van der Waals surface area contributed by atoms with E-state index in [4.69, 9.17) is 60.6 Å². The zero-order valence-corrected chi connectivity index (χ0v) is 34.5. The summed E-state index contributed by atoms with van der Waals surface area (Å²) in [6.45, 7) is 4.09. The van der Waals surface area contributed by atoms with Gasteiger partial charge >= 0.3 is 5.97 Å². The summed E-state index contributed by atoms with van der Waals surface area (Å²) in [6, 6.07) is 33.5. The van der Waals surface area contributed by atoms with Gasteiger partial charge < -0.3 is 24.0 Å². The van der Waals surface area contributed by atoms with Crippen LogP contribution in [0.2, 0.25) is 20.1 Å². The van der Waals surface area contributed by atoms with Gasteiger partial charge in [0.2, 0.25) is 0 Å². The van der Waals surface area contributed by atoms with E-state index in [1.165, 1.54) is 25.7 Å². The topological polar surface area (TPSA) is 51.2 Å². The van der Waals surface area contributed by atoms with E-state index in [0.29, 0.717) is 18.4 Å². The number of halogens is 4. The number of hydrogen-bond acceptors (Lipinski definition) is 6. The van der Waals surface area contributed by atoms with Gasteiger partial charge in [-0.25, -0.2) is 4.79 Å². The second kappa shape index (κ2) is 16.4. The van der Waals surface area contributed by atoms with E-state index < -0.39 is 23.4 Å². The van der Waals surface area contributed by atoms with Gasteiger partial charge in [0, 0.05) is 55.0 Å². The summed E-state index contributed by atoms with van der Waals surface area (Å²) < 4.78 is 18.1. The minimum Gasteiger partial charge on any atom is -0.497 e. The number of methoxy groups -OCH3 is 2. The van der Waals surface area contributed by atoms with Crippen LogP contribution < -0.4 is 19.3 Å². The Kier molecular flexibility index (Phi) is 11.4. The quantitative estimate of drug-likeness (QED) is 0.0709. The fourth-order valence-electron chi connectivity index (χ4n) is 8.99. The molecule has 5 aromatic rings. The first kappa shape index (κ1) is 38.8. The molecule has 0 bridgehead atoms. The lowest BCUT2D eigenvalue weighted by atomic mass is 9.64. The van der Waals surface area contributed by atoms with Crippen LogP contribution in [0.25, 0.3) is 0 Å². The molecule has 2 saturated heterocycles. The minimum absolute atomic E-state index is 0.0215. The predicted molar refractivity (Wildman–Crippen MR) is 228 cm³/mol. The smallest absolute Gasteiger partial charge is 0.341 e. The maximum absolute atomic E-state index is 14.6. The van der Waals surface area contributed by atoms with Gasteiger partial charge in [-0.1, -0.05) is 94.9 Å². The molecule has 8 rings (SSSR count). The molecule has 56 heavy (non-hydrogen) atoms. The minimum atomic E-state index is -1.41. The van der Waals surface area contributed by atoms with E-state index in [9.17, 15) is 4.79 Å². The summed E-state index contributed by atoms with van der Waals surface area (Å²) in [7, 11) is 3.31. The Morgan fingerprint density at radius 3 is 1.36 bits per heavy atom. The Hall–Kier alpha value is -4.07. The van der Waals surface area contributed by atoms with E-state index >= 15 is 0 Å². The monoisotopic (exact) mass is 828 g/mol. The lowest BCUT2D eigenvalue weighted by Gasteiger charge is -2.44. The summed E-state index contributed by atoms with van der Waals surface area (Å²) in [6.07, 6.45) is 5.65. The molecule has 0 N–H and O–H groups in total. The molecule has 5 aromatic carbocycles. The van der Waals surface area contributed by atoms with Crippen molar-refractivity contribution in [2.45, 2.75) is 56.0 Å². The van der Waals surface area contributed by atoms with E-state index in [2.05, 4.69) is 82.6 Å². The molecule has 290 valence electrons. The van der Waals surface area contributed by atoms with Crippen LogP contribution in [0, 0.1) is 0 Å². The Morgan fingerprint density at radius 2 is 0.964 bits per heavy atom. The maximum Gasteiger partial charge on any atom is 0.341 e. The highest BCUT2D eigenvalue weighted by Crippen LogP contribution is 2.61. The highest BCUT2D eigenvalue weighted by Gasteiger charge is 2.59. The number of anilines is 2. The highest BCUT2D eigenvalue weighted by molar-refractivity contribution is 6.53. The van der Waals surface area contributed by atoms with Crippen molar-refractivity contribution in [1.82, 2.24) is 0 Å². The lowest BCUT2D eigenvalue weighted by Crippen LogP contribution is -2.42. The fraction of sp³-hybridized carbons (Fsp3) is 0.326. The standard InChI is InChI=1S/C46H44Cl4N2O4/c1-54-35-19-7-29(8-20-35)27-37(31-11-15-33(16-12-31)51-23-3-4-24-51)46(40-39(45(53)56-46)41(47)43(49)44(50)42(40)48)38(28-30-9-21-36(55-2)22-10-30)32-13-17-34(18-14-32)52-25-5-6-26-52/h7-22,37-38H,3-6,23-28H2,1-2H3. The van der Waals surface area contributed by atoms with Gasteiger partial charge in [0.1, 0.15) is 11.5 Å². The summed E-state index contributed by atoms with van der Waals surface area (Å²) >= 11 is 28.0. The first-order valence-electron chi connectivity index (χ1n) is 19.3. The van der Waals surface area contributed by atoms with Crippen LogP contribution in [0.1, 0.15) is 75.7 Å². The van der Waals surface area contributed by atoms with E-state index in [-0.39, 0.29) is 25.7 Å². The number of nitrogens with zero attached hydrogens (tertiary/aromatic N) is 2. The van der Waals surface area contributed by atoms with Crippen LogP contribution in [0.15, 0.2) is 97.1 Å². The van der Waals surface area contributed by atoms with Crippen LogP contribution >= 0.6 is 46.4 Å². The van der Waals surface area contributed by atoms with Crippen molar-refractivity contribution in [1.29, 1.82) is 0 Å². The molecule has 10 heteroatoms. The molecule has 0 spiro atoms. The molecule has 6 nitrogen and oxygen atoms in total. The van der Waals surface area contributed by atoms with Gasteiger partial charge in [0.05, 0.1) is 39.9 Å². The Morgan fingerprint density at radius 1 is 0.571 bits per heavy atom. The lowest BCUT2D eigenvalue weighted by molar-refractivity contribution is -0.0415. The number of ether oxygens (including phenoxy) is 3. The predicted octanol–water partition coefficient (Wildman–Crippen LogP) is 11.9. The Bertz CT molecular complexity index is 2070. The molecule has 0 aromatic heterocycles. The van der Waals surface area contributed by atoms with Crippen LogP contribution in [-0.4, -0.2) is 46.4 Å².